The van der Waals surface area contributed by atoms with E-state index >= 15 is 0 Å². The van der Waals surface area contributed by atoms with Gasteiger partial charge in [0.25, 0.3) is 5.91 Å². The molecule has 0 spiro atoms. The fourth-order valence-electron chi connectivity index (χ4n) is 3.74. The van der Waals surface area contributed by atoms with Crippen LogP contribution in [0.15, 0.2) is 36.7 Å². The Balaban J connectivity index is 1.52. The van der Waals surface area contributed by atoms with Crippen molar-refractivity contribution in [3.63, 3.8) is 0 Å². The third-order valence-electron chi connectivity index (χ3n) is 5.40. The molecule has 3 heterocycles. The molecule has 0 bridgehead atoms. The van der Waals surface area contributed by atoms with E-state index < -0.39 is 29.6 Å². The highest BCUT2D eigenvalue weighted by Gasteiger charge is 2.36. The van der Waals surface area contributed by atoms with Crippen molar-refractivity contribution in [1.29, 1.82) is 0 Å². The van der Waals surface area contributed by atoms with Crippen LogP contribution in [-0.2, 0) is 32.2 Å². The van der Waals surface area contributed by atoms with Gasteiger partial charge < -0.3 is 5.32 Å². The first-order valence-electron chi connectivity index (χ1n) is 9.85. The number of halogens is 6. The van der Waals surface area contributed by atoms with E-state index in [0.29, 0.717) is 31.0 Å². The van der Waals surface area contributed by atoms with Gasteiger partial charge in [0.05, 0.1) is 5.69 Å². The average Bonchev–Trinajstić information content (AvgIpc) is 3.15. The van der Waals surface area contributed by atoms with Gasteiger partial charge in [-0.15, -0.1) is 0 Å². The van der Waals surface area contributed by atoms with E-state index in [0.717, 1.165) is 28.1 Å². The van der Waals surface area contributed by atoms with Crippen molar-refractivity contribution < 1.29 is 31.1 Å². The summed E-state index contributed by atoms with van der Waals surface area (Å²) in [5.41, 5.74) is -0.137. The second-order valence-corrected chi connectivity index (χ2v) is 7.72. The molecule has 0 aliphatic heterocycles. The number of hydrogen-bond donors (Lipinski definition) is 1. The average molecular weight is 469 g/mol. The maximum absolute atomic E-state index is 13.0. The molecule has 3 aromatic heterocycles. The lowest BCUT2D eigenvalue weighted by Gasteiger charge is -2.25. The van der Waals surface area contributed by atoms with Gasteiger partial charge in [-0.3, -0.25) is 19.4 Å². The number of aromatic nitrogens is 4. The molecule has 0 aromatic carbocycles. The third kappa shape index (κ3) is 4.83. The van der Waals surface area contributed by atoms with Gasteiger partial charge in [-0.2, -0.15) is 31.4 Å². The predicted octanol–water partition coefficient (Wildman–Crippen LogP) is 4.20. The molecule has 0 fully saturated rings. The molecular weight excluding hydrogens is 452 g/mol. The van der Waals surface area contributed by atoms with Gasteiger partial charge in [-0.1, -0.05) is 0 Å². The summed E-state index contributed by atoms with van der Waals surface area (Å²) >= 11 is 0. The zero-order valence-electron chi connectivity index (χ0n) is 17.1. The lowest BCUT2D eigenvalue weighted by Crippen LogP contribution is -2.39. The Kier molecular flexibility index (Phi) is 5.62. The first-order chi connectivity index (χ1) is 15.4. The SMILES string of the molecule is Cn1nc(C(F)(F)F)cc1C(=O)N[C@H]1CCc2cnc(-c3ccnc(C(F)(F)F)c3)cc2C1. The van der Waals surface area contributed by atoms with E-state index in [4.69, 9.17) is 0 Å². The minimum absolute atomic E-state index is 0.222. The number of aryl methyl sites for hydroxylation is 2. The largest absolute Gasteiger partial charge is 0.435 e. The molecule has 33 heavy (non-hydrogen) atoms. The highest BCUT2D eigenvalue weighted by Crippen LogP contribution is 2.32. The maximum Gasteiger partial charge on any atom is 0.435 e. The Hall–Kier alpha value is -3.44. The van der Waals surface area contributed by atoms with Gasteiger partial charge in [-0.05, 0) is 48.6 Å². The number of carbonyl (C=O) groups is 1. The van der Waals surface area contributed by atoms with E-state index in [-0.39, 0.29) is 17.3 Å². The third-order valence-corrected chi connectivity index (χ3v) is 5.40. The Bertz CT molecular complexity index is 1200. The molecule has 174 valence electrons. The molecule has 0 saturated carbocycles. The molecule has 3 aromatic rings. The zero-order chi connectivity index (χ0) is 24.0. The molecule has 12 heteroatoms. The number of alkyl halides is 6. The van der Waals surface area contributed by atoms with Crippen molar-refractivity contribution in [3.05, 3.63) is 64.9 Å². The van der Waals surface area contributed by atoms with Crippen molar-refractivity contribution in [2.45, 2.75) is 37.7 Å². The summed E-state index contributed by atoms with van der Waals surface area (Å²) in [5.74, 6) is -0.688. The van der Waals surface area contributed by atoms with Crippen LogP contribution in [0.1, 0.15) is 39.4 Å². The summed E-state index contributed by atoms with van der Waals surface area (Å²) in [6.45, 7) is 0. The summed E-state index contributed by atoms with van der Waals surface area (Å²) in [6.07, 6.45) is -5.15. The van der Waals surface area contributed by atoms with Crippen LogP contribution in [0.5, 0.6) is 0 Å². The van der Waals surface area contributed by atoms with Crippen LogP contribution < -0.4 is 5.32 Å². The van der Waals surface area contributed by atoms with Crippen molar-refractivity contribution >= 4 is 5.91 Å². The molecule has 1 aliphatic carbocycles. The summed E-state index contributed by atoms with van der Waals surface area (Å²) < 4.78 is 78.4. The van der Waals surface area contributed by atoms with E-state index in [1.165, 1.54) is 13.1 Å². The van der Waals surface area contributed by atoms with Crippen LogP contribution in [0.2, 0.25) is 0 Å². The minimum Gasteiger partial charge on any atom is -0.348 e. The number of rotatable bonds is 3. The topological polar surface area (TPSA) is 72.7 Å². The lowest BCUT2D eigenvalue weighted by atomic mass is 9.88. The Morgan fingerprint density at radius 2 is 1.76 bits per heavy atom. The van der Waals surface area contributed by atoms with Crippen molar-refractivity contribution in [2.24, 2.45) is 7.05 Å². The van der Waals surface area contributed by atoms with Gasteiger partial charge in [-0.25, -0.2) is 0 Å². The first kappa shape index (κ1) is 22.7. The minimum atomic E-state index is -4.66. The Morgan fingerprint density at radius 1 is 1.03 bits per heavy atom. The molecule has 0 unspecified atom stereocenters. The van der Waals surface area contributed by atoms with Crippen LogP contribution in [0.3, 0.4) is 0 Å². The number of nitrogens with zero attached hydrogens (tertiary/aromatic N) is 4. The predicted molar refractivity (Wildman–Crippen MR) is 104 cm³/mol. The highest BCUT2D eigenvalue weighted by molar-refractivity contribution is 5.93. The molecule has 1 amide bonds. The molecule has 6 nitrogen and oxygen atoms in total. The van der Waals surface area contributed by atoms with E-state index in [9.17, 15) is 31.1 Å². The van der Waals surface area contributed by atoms with Gasteiger partial charge in [0.15, 0.2) is 5.69 Å². The van der Waals surface area contributed by atoms with Crippen LogP contribution in [0.25, 0.3) is 11.3 Å². The van der Waals surface area contributed by atoms with Crippen molar-refractivity contribution in [1.82, 2.24) is 25.1 Å². The summed E-state index contributed by atoms with van der Waals surface area (Å²) in [5, 5.41) is 6.06. The molecule has 0 saturated heterocycles. The normalized spacial score (nSPS) is 16.4. The summed E-state index contributed by atoms with van der Waals surface area (Å²) in [7, 11) is 1.25. The lowest BCUT2D eigenvalue weighted by molar-refractivity contribution is -0.142. The maximum atomic E-state index is 13.0. The molecular formula is C21H17F6N5O. The zero-order valence-corrected chi connectivity index (χ0v) is 17.1. The van der Waals surface area contributed by atoms with E-state index in [1.807, 2.05) is 0 Å². The fraction of sp³-hybridized carbons (Fsp3) is 0.333. The van der Waals surface area contributed by atoms with E-state index in [1.54, 1.807) is 12.3 Å². The smallest absolute Gasteiger partial charge is 0.348 e. The Labute approximate surface area is 183 Å². The quantitative estimate of drug-likeness (QED) is 0.584. The highest BCUT2D eigenvalue weighted by atomic mass is 19.4. The monoisotopic (exact) mass is 469 g/mol. The fourth-order valence-corrected chi connectivity index (χ4v) is 3.74. The molecule has 0 radical (unpaired) electrons. The number of amides is 1. The second-order valence-electron chi connectivity index (χ2n) is 7.72. The van der Waals surface area contributed by atoms with Gasteiger partial charge in [0, 0.05) is 37.1 Å². The Morgan fingerprint density at radius 3 is 2.42 bits per heavy atom. The number of pyridine rings is 2. The summed E-state index contributed by atoms with van der Waals surface area (Å²) in [4.78, 5) is 20.1. The number of fused-ring (bicyclic) bond motifs is 1. The van der Waals surface area contributed by atoms with Crippen LogP contribution in [0.4, 0.5) is 26.3 Å². The van der Waals surface area contributed by atoms with Gasteiger partial charge in [0.1, 0.15) is 11.4 Å². The van der Waals surface area contributed by atoms with Crippen molar-refractivity contribution in [3.8, 4) is 11.3 Å². The van der Waals surface area contributed by atoms with Crippen LogP contribution in [-0.4, -0.2) is 31.7 Å². The number of carbonyl (C=O) groups excluding carboxylic acids is 1. The molecule has 4 rings (SSSR count). The number of hydrogen-bond acceptors (Lipinski definition) is 4. The van der Waals surface area contributed by atoms with Crippen molar-refractivity contribution in [2.75, 3.05) is 0 Å². The second kappa shape index (κ2) is 8.16. The van der Waals surface area contributed by atoms with Crippen LogP contribution in [0, 0.1) is 0 Å². The summed E-state index contributed by atoms with van der Waals surface area (Å²) in [6, 6.07) is 4.32. The van der Waals surface area contributed by atoms with Gasteiger partial charge in [0.2, 0.25) is 0 Å². The molecule has 1 atom stereocenters. The first-order valence-corrected chi connectivity index (χ1v) is 9.85. The molecule has 1 aliphatic rings. The van der Waals surface area contributed by atoms with E-state index in [2.05, 4.69) is 20.4 Å². The number of nitrogens with one attached hydrogen (secondary N) is 1. The standard InChI is InChI=1S/C21H17F6N5O/c1-32-16(9-18(31-32)21(25,26)27)19(33)30-14-3-2-12-10-29-15(7-13(12)6-14)11-4-5-28-17(8-11)20(22,23)24/h4-5,7-10,14H,2-3,6H2,1H3,(H,30,33)/t14-/m0/s1. The van der Waals surface area contributed by atoms with Crippen LogP contribution >= 0.6 is 0 Å². The van der Waals surface area contributed by atoms with Gasteiger partial charge >= 0.3 is 12.4 Å². The molecule has 1 N–H and O–H groups in total.